The minimum Gasteiger partial charge on any atom is -0.469 e. The van der Waals surface area contributed by atoms with Crippen LogP contribution in [0.25, 0.3) is 0 Å². The van der Waals surface area contributed by atoms with Crippen molar-refractivity contribution in [1.29, 1.82) is 0 Å². The van der Waals surface area contributed by atoms with Gasteiger partial charge in [0.25, 0.3) is 0 Å². The van der Waals surface area contributed by atoms with Crippen molar-refractivity contribution in [2.75, 3.05) is 20.7 Å². The highest BCUT2D eigenvalue weighted by molar-refractivity contribution is 6.30. The van der Waals surface area contributed by atoms with E-state index in [1.165, 1.54) is 7.11 Å². The van der Waals surface area contributed by atoms with E-state index in [4.69, 9.17) is 11.6 Å². The normalized spacial score (nSPS) is 10.2. The summed E-state index contributed by atoms with van der Waals surface area (Å²) >= 11 is 5.90. The van der Waals surface area contributed by atoms with Gasteiger partial charge < -0.3 is 9.64 Å². The number of nitrogens with zero attached hydrogens (tertiary/aromatic N) is 1. The van der Waals surface area contributed by atoms with E-state index in [9.17, 15) is 9.59 Å². The molecule has 0 bridgehead atoms. The van der Waals surface area contributed by atoms with Crippen LogP contribution < -0.4 is 0 Å². The molecule has 0 radical (unpaired) electrons. The predicted molar refractivity (Wildman–Crippen MR) is 78.7 cm³/mol. The minimum absolute atomic E-state index is 0.0647. The van der Waals surface area contributed by atoms with Crippen LogP contribution in [-0.4, -0.2) is 37.5 Å². The molecular formula is C15H20ClNO3. The van der Waals surface area contributed by atoms with Gasteiger partial charge in [0.1, 0.15) is 0 Å². The molecule has 0 aliphatic heterocycles. The number of ether oxygens (including phenoxy) is 1. The monoisotopic (exact) mass is 297 g/mol. The molecule has 5 heteroatoms. The van der Waals surface area contributed by atoms with Crippen LogP contribution in [0.5, 0.6) is 0 Å². The van der Waals surface area contributed by atoms with Gasteiger partial charge >= 0.3 is 5.97 Å². The summed E-state index contributed by atoms with van der Waals surface area (Å²) in [6.07, 6.45) is 2.06. The maximum atomic E-state index is 11.9. The van der Waals surface area contributed by atoms with Gasteiger partial charge in [0.2, 0.25) is 5.91 Å². The fourth-order valence-corrected chi connectivity index (χ4v) is 2.03. The topological polar surface area (TPSA) is 46.6 Å². The van der Waals surface area contributed by atoms with Crippen LogP contribution in [0.2, 0.25) is 5.02 Å². The Labute approximate surface area is 124 Å². The Hall–Kier alpha value is -1.55. The summed E-state index contributed by atoms with van der Waals surface area (Å²) in [6.45, 7) is 0.559. The lowest BCUT2D eigenvalue weighted by Crippen LogP contribution is -2.28. The van der Waals surface area contributed by atoms with Gasteiger partial charge in [0.15, 0.2) is 0 Å². The van der Waals surface area contributed by atoms with E-state index in [1.807, 2.05) is 24.3 Å². The van der Waals surface area contributed by atoms with Crippen LogP contribution >= 0.6 is 11.6 Å². The van der Waals surface area contributed by atoms with Crippen molar-refractivity contribution in [2.45, 2.75) is 25.7 Å². The molecular weight excluding hydrogens is 278 g/mol. The number of esters is 1. The Kier molecular flexibility index (Phi) is 7.09. The second-order valence-corrected chi connectivity index (χ2v) is 5.06. The summed E-state index contributed by atoms with van der Waals surface area (Å²) in [5.41, 5.74) is 1.05. The fraction of sp³-hybridized carbons (Fsp3) is 0.467. The Balaban J connectivity index is 2.29. The minimum atomic E-state index is -0.246. The van der Waals surface area contributed by atoms with Crippen LogP contribution in [0.4, 0.5) is 0 Å². The molecule has 110 valence electrons. The van der Waals surface area contributed by atoms with Gasteiger partial charge in [-0.2, -0.15) is 0 Å². The van der Waals surface area contributed by atoms with E-state index in [-0.39, 0.29) is 11.9 Å². The van der Waals surface area contributed by atoms with Gasteiger partial charge in [0, 0.05) is 31.5 Å². The highest BCUT2D eigenvalue weighted by atomic mass is 35.5. The second kappa shape index (κ2) is 8.59. The lowest BCUT2D eigenvalue weighted by molar-refractivity contribution is -0.141. The molecule has 0 aliphatic carbocycles. The van der Waals surface area contributed by atoms with Gasteiger partial charge in [-0.15, -0.1) is 0 Å². The number of carbonyl (C=O) groups is 2. The van der Waals surface area contributed by atoms with Crippen molar-refractivity contribution < 1.29 is 14.3 Å². The van der Waals surface area contributed by atoms with Crippen LogP contribution in [0.15, 0.2) is 24.3 Å². The predicted octanol–water partition coefficient (Wildman–Crippen LogP) is 2.68. The van der Waals surface area contributed by atoms with Crippen molar-refractivity contribution in [3.63, 3.8) is 0 Å². The number of hydrogen-bond donors (Lipinski definition) is 0. The van der Waals surface area contributed by atoms with E-state index < -0.39 is 0 Å². The first kappa shape index (κ1) is 16.5. The average Bonchev–Trinajstić information content (AvgIpc) is 2.44. The third-order valence-electron chi connectivity index (χ3n) is 3.04. The van der Waals surface area contributed by atoms with E-state index in [0.717, 1.165) is 5.56 Å². The molecule has 0 saturated carbocycles. The van der Waals surface area contributed by atoms with Crippen molar-refractivity contribution in [3.05, 3.63) is 34.9 Å². The molecule has 0 aliphatic rings. The second-order valence-electron chi connectivity index (χ2n) is 4.62. The Morgan fingerprint density at radius 2 is 2.05 bits per heavy atom. The maximum Gasteiger partial charge on any atom is 0.305 e. The molecule has 1 aromatic carbocycles. The molecule has 0 saturated heterocycles. The summed E-state index contributed by atoms with van der Waals surface area (Å²) < 4.78 is 4.55. The first-order valence-corrected chi connectivity index (χ1v) is 6.96. The molecule has 0 atom stereocenters. The number of carbonyl (C=O) groups excluding carboxylic acids is 2. The van der Waals surface area contributed by atoms with Gasteiger partial charge in [0.05, 0.1) is 7.11 Å². The number of halogens is 1. The molecule has 1 rings (SSSR count). The third kappa shape index (κ3) is 6.06. The quantitative estimate of drug-likeness (QED) is 0.727. The molecule has 0 unspecified atom stereocenters. The molecule has 1 amide bonds. The van der Waals surface area contributed by atoms with Gasteiger partial charge in [-0.3, -0.25) is 9.59 Å². The Morgan fingerprint density at radius 1 is 1.30 bits per heavy atom. The number of hydrogen-bond acceptors (Lipinski definition) is 3. The zero-order valence-corrected chi connectivity index (χ0v) is 12.7. The largest absolute Gasteiger partial charge is 0.469 e. The number of methoxy groups -OCH3 is 1. The first-order chi connectivity index (χ1) is 9.52. The van der Waals surface area contributed by atoms with Crippen molar-refractivity contribution in [3.8, 4) is 0 Å². The standard InChI is InChI=1S/C15H20ClNO3/c1-17(10-4-7-15(19)20-2)14(18)9-8-12-5-3-6-13(16)11-12/h3,5-6,11H,4,7-10H2,1-2H3. The van der Waals surface area contributed by atoms with Gasteiger partial charge in [-0.05, 0) is 30.5 Å². The van der Waals surface area contributed by atoms with Crippen LogP contribution in [-0.2, 0) is 20.7 Å². The lowest BCUT2D eigenvalue weighted by atomic mass is 10.1. The number of benzene rings is 1. The van der Waals surface area contributed by atoms with Gasteiger partial charge in [-0.25, -0.2) is 0 Å². The van der Waals surface area contributed by atoms with Gasteiger partial charge in [-0.1, -0.05) is 23.7 Å². The van der Waals surface area contributed by atoms with E-state index in [0.29, 0.717) is 37.3 Å². The van der Waals surface area contributed by atoms with E-state index in [2.05, 4.69) is 4.74 Å². The molecule has 20 heavy (non-hydrogen) atoms. The molecule has 0 fully saturated rings. The number of amides is 1. The molecule has 0 heterocycles. The van der Waals surface area contributed by atoms with Crippen LogP contribution in [0.1, 0.15) is 24.8 Å². The fourth-order valence-electron chi connectivity index (χ4n) is 1.82. The summed E-state index contributed by atoms with van der Waals surface area (Å²) in [5, 5.41) is 0.682. The number of rotatable bonds is 7. The molecule has 4 nitrogen and oxygen atoms in total. The maximum absolute atomic E-state index is 11.9. The summed E-state index contributed by atoms with van der Waals surface area (Å²) in [5.74, 6) is -0.181. The van der Waals surface area contributed by atoms with Crippen molar-refractivity contribution >= 4 is 23.5 Å². The lowest BCUT2D eigenvalue weighted by Gasteiger charge is -2.16. The zero-order chi connectivity index (χ0) is 15.0. The summed E-state index contributed by atoms with van der Waals surface area (Å²) in [4.78, 5) is 24.5. The first-order valence-electron chi connectivity index (χ1n) is 6.58. The highest BCUT2D eigenvalue weighted by Crippen LogP contribution is 2.12. The third-order valence-corrected chi connectivity index (χ3v) is 3.28. The number of aryl methyl sites for hydroxylation is 1. The Morgan fingerprint density at radius 3 is 2.70 bits per heavy atom. The Bertz CT molecular complexity index is 462. The van der Waals surface area contributed by atoms with Crippen molar-refractivity contribution in [1.82, 2.24) is 4.90 Å². The molecule has 0 spiro atoms. The molecule has 0 N–H and O–H groups in total. The van der Waals surface area contributed by atoms with E-state index >= 15 is 0 Å². The van der Waals surface area contributed by atoms with Crippen LogP contribution in [0, 0.1) is 0 Å². The zero-order valence-electron chi connectivity index (χ0n) is 11.9. The summed E-state index contributed by atoms with van der Waals surface area (Å²) in [6, 6.07) is 7.51. The highest BCUT2D eigenvalue weighted by Gasteiger charge is 2.10. The smallest absolute Gasteiger partial charge is 0.305 e. The molecule has 0 aromatic heterocycles. The average molecular weight is 298 g/mol. The molecule has 1 aromatic rings. The van der Waals surface area contributed by atoms with Crippen LogP contribution in [0.3, 0.4) is 0 Å². The van der Waals surface area contributed by atoms with Crippen molar-refractivity contribution in [2.24, 2.45) is 0 Å². The summed E-state index contributed by atoms with van der Waals surface area (Å²) in [7, 11) is 3.11. The SMILES string of the molecule is COC(=O)CCCN(C)C(=O)CCc1cccc(Cl)c1. The van der Waals surface area contributed by atoms with E-state index in [1.54, 1.807) is 11.9 Å².